The largest absolute Gasteiger partial charge is 0.487 e. The lowest BCUT2D eigenvalue weighted by atomic mass is 9.73. The first-order chi connectivity index (χ1) is 7.58. The number of ether oxygens (including phenoxy) is 1. The summed E-state index contributed by atoms with van der Waals surface area (Å²) in [6.07, 6.45) is 2.49. The molecule has 1 aliphatic heterocycles. The van der Waals surface area contributed by atoms with Crippen molar-refractivity contribution in [2.24, 2.45) is 0 Å². The van der Waals surface area contributed by atoms with Gasteiger partial charge in [0.15, 0.2) is 0 Å². The van der Waals surface area contributed by atoms with Crippen LogP contribution in [0.15, 0.2) is 18.2 Å². The van der Waals surface area contributed by atoms with E-state index in [9.17, 15) is 5.11 Å². The highest BCUT2D eigenvalue weighted by Gasteiger charge is 2.48. The number of aliphatic hydroxyl groups excluding tert-OH is 1. The van der Waals surface area contributed by atoms with Gasteiger partial charge in [-0.3, -0.25) is 0 Å². The van der Waals surface area contributed by atoms with Gasteiger partial charge in [-0.25, -0.2) is 0 Å². The Kier molecular flexibility index (Phi) is 2.05. The van der Waals surface area contributed by atoms with Crippen molar-refractivity contribution >= 4 is 0 Å². The maximum Gasteiger partial charge on any atom is 0.123 e. The van der Waals surface area contributed by atoms with Crippen LogP contribution in [0.2, 0.25) is 0 Å². The molecule has 1 N–H and O–H groups in total. The molecule has 1 aromatic carbocycles. The summed E-state index contributed by atoms with van der Waals surface area (Å²) >= 11 is 0. The Labute approximate surface area is 96.2 Å². The molecule has 2 heteroatoms. The second-order valence-corrected chi connectivity index (χ2v) is 5.44. The molecule has 0 amide bonds. The van der Waals surface area contributed by atoms with Crippen molar-refractivity contribution in [3.63, 3.8) is 0 Å². The van der Waals surface area contributed by atoms with E-state index in [1.165, 1.54) is 11.1 Å². The van der Waals surface area contributed by atoms with Gasteiger partial charge in [-0.05, 0) is 39.2 Å². The number of hydrogen-bond donors (Lipinski definition) is 1. The Morgan fingerprint density at radius 1 is 1.44 bits per heavy atom. The SMILES string of the molecule is Cc1ccc2c(c1)C1CC(O)CCC1(C)O2. The van der Waals surface area contributed by atoms with E-state index in [-0.39, 0.29) is 11.7 Å². The minimum absolute atomic E-state index is 0.0879. The molecule has 86 valence electrons. The Morgan fingerprint density at radius 2 is 2.25 bits per heavy atom. The molecule has 0 aromatic heterocycles. The molecular weight excluding hydrogens is 200 g/mol. The molecule has 2 nitrogen and oxygen atoms in total. The number of rotatable bonds is 0. The van der Waals surface area contributed by atoms with Crippen LogP contribution in [0.25, 0.3) is 0 Å². The van der Waals surface area contributed by atoms with Crippen LogP contribution in [0, 0.1) is 6.92 Å². The van der Waals surface area contributed by atoms with Gasteiger partial charge in [-0.2, -0.15) is 0 Å². The molecule has 16 heavy (non-hydrogen) atoms. The maximum absolute atomic E-state index is 9.81. The van der Waals surface area contributed by atoms with Crippen molar-refractivity contribution in [1.29, 1.82) is 0 Å². The van der Waals surface area contributed by atoms with Crippen LogP contribution in [0.4, 0.5) is 0 Å². The van der Waals surface area contributed by atoms with Crippen molar-refractivity contribution in [3.8, 4) is 5.75 Å². The molecule has 3 atom stereocenters. The lowest BCUT2D eigenvalue weighted by Crippen LogP contribution is -2.41. The predicted molar refractivity (Wildman–Crippen MR) is 62.8 cm³/mol. The monoisotopic (exact) mass is 218 g/mol. The molecule has 1 fully saturated rings. The van der Waals surface area contributed by atoms with Gasteiger partial charge in [0.2, 0.25) is 0 Å². The zero-order valence-electron chi connectivity index (χ0n) is 9.86. The molecule has 3 rings (SSSR count). The number of fused-ring (bicyclic) bond motifs is 3. The van der Waals surface area contributed by atoms with Crippen molar-refractivity contribution < 1.29 is 9.84 Å². The Bertz CT molecular complexity index is 427. The summed E-state index contributed by atoms with van der Waals surface area (Å²) < 4.78 is 6.09. The first kappa shape index (κ1) is 10.2. The average molecular weight is 218 g/mol. The highest BCUT2D eigenvalue weighted by Crippen LogP contribution is 2.52. The number of benzene rings is 1. The zero-order valence-corrected chi connectivity index (χ0v) is 9.86. The van der Waals surface area contributed by atoms with Crippen LogP contribution in [0.5, 0.6) is 5.75 Å². The van der Waals surface area contributed by atoms with Gasteiger partial charge < -0.3 is 9.84 Å². The molecule has 0 saturated heterocycles. The summed E-state index contributed by atoms with van der Waals surface area (Å²) in [5, 5.41) is 9.81. The lowest BCUT2D eigenvalue weighted by molar-refractivity contribution is 0.00274. The molecule has 0 spiro atoms. The molecule has 3 unspecified atom stereocenters. The van der Waals surface area contributed by atoms with E-state index >= 15 is 0 Å². The Morgan fingerprint density at radius 3 is 3.06 bits per heavy atom. The molecule has 1 aromatic rings. The van der Waals surface area contributed by atoms with Crippen molar-refractivity contribution in [1.82, 2.24) is 0 Å². The second kappa shape index (κ2) is 3.24. The van der Waals surface area contributed by atoms with Gasteiger partial charge >= 0.3 is 0 Å². The fraction of sp³-hybridized carbons (Fsp3) is 0.571. The topological polar surface area (TPSA) is 29.5 Å². The second-order valence-electron chi connectivity index (χ2n) is 5.44. The van der Waals surface area contributed by atoms with Gasteiger partial charge in [0.1, 0.15) is 11.4 Å². The quantitative estimate of drug-likeness (QED) is 0.725. The predicted octanol–water partition coefficient (Wildman–Crippen LogP) is 2.77. The Balaban J connectivity index is 2.05. The number of aliphatic hydroxyl groups is 1. The molecular formula is C14H18O2. The molecule has 0 bridgehead atoms. The standard InChI is InChI=1S/C14H18O2/c1-9-3-4-13-11(7-9)12-8-10(15)5-6-14(12,2)16-13/h3-4,7,10,12,15H,5-6,8H2,1-2H3. The van der Waals surface area contributed by atoms with Crippen LogP contribution in [0.3, 0.4) is 0 Å². The number of aryl methyl sites for hydroxylation is 1. The highest BCUT2D eigenvalue weighted by atomic mass is 16.5. The van der Waals surface area contributed by atoms with Gasteiger partial charge in [-0.15, -0.1) is 0 Å². The molecule has 1 aliphatic carbocycles. The van der Waals surface area contributed by atoms with E-state index in [1.54, 1.807) is 0 Å². The van der Waals surface area contributed by atoms with Crippen molar-refractivity contribution in [3.05, 3.63) is 29.3 Å². The number of hydrogen-bond acceptors (Lipinski definition) is 2. The molecule has 1 heterocycles. The van der Waals surface area contributed by atoms with E-state index in [0.29, 0.717) is 5.92 Å². The summed E-state index contributed by atoms with van der Waals surface area (Å²) in [5.74, 6) is 1.39. The zero-order chi connectivity index (χ0) is 11.3. The van der Waals surface area contributed by atoms with Gasteiger partial charge in [0, 0.05) is 11.5 Å². The van der Waals surface area contributed by atoms with E-state index in [1.807, 2.05) is 0 Å². The smallest absolute Gasteiger partial charge is 0.123 e. The Hall–Kier alpha value is -1.02. The summed E-state index contributed by atoms with van der Waals surface area (Å²) in [4.78, 5) is 0. The first-order valence-corrected chi connectivity index (χ1v) is 6.06. The molecule has 1 saturated carbocycles. The third-order valence-corrected chi connectivity index (χ3v) is 4.10. The van der Waals surface area contributed by atoms with Crippen LogP contribution in [-0.2, 0) is 0 Å². The minimum Gasteiger partial charge on any atom is -0.487 e. The molecule has 0 radical (unpaired) electrons. The summed E-state index contributed by atoms with van der Waals surface area (Å²) in [7, 11) is 0. The summed E-state index contributed by atoms with van der Waals surface area (Å²) in [6, 6.07) is 6.37. The van der Waals surface area contributed by atoms with E-state index in [0.717, 1.165) is 25.0 Å². The lowest BCUT2D eigenvalue weighted by Gasteiger charge is -2.37. The van der Waals surface area contributed by atoms with Crippen LogP contribution in [0.1, 0.15) is 43.2 Å². The fourth-order valence-corrected chi connectivity index (χ4v) is 3.13. The summed E-state index contributed by atoms with van der Waals surface area (Å²) in [5.41, 5.74) is 2.47. The van der Waals surface area contributed by atoms with Gasteiger partial charge in [0.05, 0.1) is 6.10 Å². The first-order valence-electron chi connectivity index (χ1n) is 6.06. The highest BCUT2D eigenvalue weighted by molar-refractivity contribution is 5.45. The van der Waals surface area contributed by atoms with Gasteiger partial charge in [-0.1, -0.05) is 17.7 Å². The summed E-state index contributed by atoms with van der Waals surface area (Å²) in [6.45, 7) is 4.29. The maximum atomic E-state index is 9.81. The fourth-order valence-electron chi connectivity index (χ4n) is 3.13. The van der Waals surface area contributed by atoms with Crippen LogP contribution in [-0.4, -0.2) is 16.8 Å². The van der Waals surface area contributed by atoms with Crippen LogP contribution >= 0.6 is 0 Å². The third-order valence-electron chi connectivity index (χ3n) is 4.10. The molecule has 2 aliphatic rings. The van der Waals surface area contributed by atoms with Crippen molar-refractivity contribution in [2.75, 3.05) is 0 Å². The van der Waals surface area contributed by atoms with E-state index in [2.05, 4.69) is 32.0 Å². The van der Waals surface area contributed by atoms with Crippen LogP contribution < -0.4 is 4.74 Å². The normalized spacial score (nSPS) is 36.4. The van der Waals surface area contributed by atoms with Gasteiger partial charge in [0.25, 0.3) is 0 Å². The third kappa shape index (κ3) is 1.36. The van der Waals surface area contributed by atoms with Crippen molar-refractivity contribution in [2.45, 2.75) is 50.7 Å². The van der Waals surface area contributed by atoms with E-state index < -0.39 is 0 Å². The minimum atomic E-state index is -0.159. The average Bonchev–Trinajstić information content (AvgIpc) is 2.52. The van der Waals surface area contributed by atoms with E-state index in [4.69, 9.17) is 4.74 Å².